The van der Waals surface area contributed by atoms with Crippen LogP contribution in [0.2, 0.25) is 0 Å². The number of ether oxygens (including phenoxy) is 1. The van der Waals surface area contributed by atoms with Crippen LogP contribution in [0.3, 0.4) is 0 Å². The minimum absolute atomic E-state index is 0.704. The topological polar surface area (TPSA) is 18.5 Å². The first-order valence-corrected chi connectivity index (χ1v) is 4.96. The Labute approximate surface area is 76.0 Å². The maximum atomic E-state index is 5.47. The Hall–Kier alpha value is -0.963. The summed E-state index contributed by atoms with van der Waals surface area (Å²) >= 11 is 0. The van der Waals surface area contributed by atoms with E-state index in [4.69, 9.17) is 9.16 Å². The van der Waals surface area contributed by atoms with E-state index in [1.807, 2.05) is 24.3 Å². The zero-order valence-electron chi connectivity index (χ0n) is 7.54. The molecule has 0 bridgehead atoms. The largest absolute Gasteiger partial charge is 0.551 e. The Morgan fingerprint density at radius 1 is 1.25 bits per heavy atom. The van der Waals surface area contributed by atoms with E-state index in [1.54, 1.807) is 0 Å². The molecule has 0 aliphatic rings. The van der Waals surface area contributed by atoms with Crippen molar-refractivity contribution in [2.75, 3.05) is 6.61 Å². The van der Waals surface area contributed by atoms with Gasteiger partial charge in [-0.2, -0.15) is 0 Å². The third-order valence-electron chi connectivity index (χ3n) is 1.53. The molecule has 1 aromatic carbocycles. The summed E-state index contributed by atoms with van der Waals surface area (Å²) in [6, 6.07) is 7.77. The highest BCUT2D eigenvalue weighted by Gasteiger charge is 1.99. The number of benzene rings is 1. The van der Waals surface area contributed by atoms with Gasteiger partial charge in [-0.15, -0.1) is 0 Å². The molecular formula is C9H14O2Si. The van der Waals surface area contributed by atoms with Crippen LogP contribution in [0, 0.1) is 0 Å². The van der Waals surface area contributed by atoms with Crippen molar-refractivity contribution >= 4 is 10.5 Å². The number of hydrogen-bond donors (Lipinski definition) is 0. The zero-order chi connectivity index (χ0) is 8.81. The fourth-order valence-corrected chi connectivity index (χ4v) is 1.29. The second-order valence-corrected chi connectivity index (χ2v) is 2.91. The maximum Gasteiger partial charge on any atom is 0.204 e. The van der Waals surface area contributed by atoms with Gasteiger partial charge in [-0.1, -0.05) is 19.1 Å². The van der Waals surface area contributed by atoms with Crippen LogP contribution in [0.15, 0.2) is 24.3 Å². The summed E-state index contributed by atoms with van der Waals surface area (Å²) in [5.41, 5.74) is 0. The summed E-state index contributed by atoms with van der Waals surface area (Å²) in [4.78, 5) is 0. The maximum absolute atomic E-state index is 5.47. The van der Waals surface area contributed by atoms with Crippen molar-refractivity contribution in [1.82, 2.24) is 0 Å². The number of rotatable bonds is 4. The van der Waals surface area contributed by atoms with Crippen LogP contribution in [0.25, 0.3) is 0 Å². The molecule has 0 amide bonds. The van der Waals surface area contributed by atoms with Gasteiger partial charge in [0, 0.05) is 0 Å². The van der Waals surface area contributed by atoms with E-state index < -0.39 is 0 Å². The first-order valence-electron chi connectivity index (χ1n) is 4.14. The third kappa shape index (κ3) is 2.27. The van der Waals surface area contributed by atoms with Gasteiger partial charge in [0.1, 0.15) is 5.75 Å². The normalized spacial score (nSPS) is 9.75. The van der Waals surface area contributed by atoms with Crippen LogP contribution in [0.4, 0.5) is 0 Å². The van der Waals surface area contributed by atoms with Crippen molar-refractivity contribution in [2.45, 2.75) is 13.3 Å². The van der Waals surface area contributed by atoms with Crippen LogP contribution in [0.1, 0.15) is 13.3 Å². The Morgan fingerprint density at radius 2 is 1.92 bits per heavy atom. The highest BCUT2D eigenvalue weighted by Crippen LogP contribution is 2.25. The minimum atomic E-state index is 0.704. The smallest absolute Gasteiger partial charge is 0.204 e. The quantitative estimate of drug-likeness (QED) is 0.650. The van der Waals surface area contributed by atoms with Gasteiger partial charge in [-0.25, -0.2) is 0 Å². The van der Waals surface area contributed by atoms with E-state index in [0.29, 0.717) is 10.5 Å². The Bertz CT molecular complexity index is 238. The summed E-state index contributed by atoms with van der Waals surface area (Å²) in [5.74, 6) is 1.71. The molecule has 0 radical (unpaired) electrons. The molecule has 0 aromatic heterocycles. The molecule has 1 rings (SSSR count). The SMILES string of the molecule is CCCOc1ccccc1O[SiH3]. The summed E-state index contributed by atoms with van der Waals surface area (Å²) < 4.78 is 10.7. The van der Waals surface area contributed by atoms with Gasteiger partial charge in [0.25, 0.3) is 0 Å². The Kier molecular flexibility index (Phi) is 3.67. The number of para-hydroxylation sites is 2. The Morgan fingerprint density at radius 3 is 2.50 bits per heavy atom. The lowest BCUT2D eigenvalue weighted by Crippen LogP contribution is -1.97. The van der Waals surface area contributed by atoms with Gasteiger partial charge in [0.2, 0.25) is 10.5 Å². The van der Waals surface area contributed by atoms with E-state index in [2.05, 4.69) is 6.92 Å². The molecule has 0 atom stereocenters. The lowest BCUT2D eigenvalue weighted by Gasteiger charge is -2.09. The molecule has 0 unspecified atom stereocenters. The Balaban J connectivity index is 2.68. The summed E-state index contributed by atoms with van der Waals surface area (Å²) in [7, 11) is 0.704. The summed E-state index contributed by atoms with van der Waals surface area (Å²) in [6.07, 6.45) is 1.02. The fraction of sp³-hybridized carbons (Fsp3) is 0.333. The van der Waals surface area contributed by atoms with Crippen molar-refractivity contribution in [1.29, 1.82) is 0 Å². The highest BCUT2D eigenvalue weighted by atomic mass is 28.2. The first-order chi connectivity index (χ1) is 5.88. The molecule has 0 saturated carbocycles. The zero-order valence-corrected chi connectivity index (χ0v) is 9.54. The number of hydrogen-bond acceptors (Lipinski definition) is 2. The summed E-state index contributed by atoms with van der Waals surface area (Å²) in [6.45, 7) is 2.84. The van der Waals surface area contributed by atoms with Gasteiger partial charge >= 0.3 is 0 Å². The molecule has 0 heterocycles. The molecule has 66 valence electrons. The molecule has 0 fully saturated rings. The molecule has 1 aromatic rings. The molecular weight excluding hydrogens is 168 g/mol. The average Bonchev–Trinajstić information content (AvgIpc) is 2.15. The fourth-order valence-electron chi connectivity index (χ4n) is 0.950. The standard InChI is InChI=1S/C9H14O2Si/c1-2-7-10-8-5-3-4-6-9(8)11-12/h3-6H,2,7H2,1,12H3. The van der Waals surface area contributed by atoms with Crippen LogP contribution in [-0.2, 0) is 0 Å². The van der Waals surface area contributed by atoms with E-state index in [1.165, 1.54) is 0 Å². The van der Waals surface area contributed by atoms with E-state index in [9.17, 15) is 0 Å². The van der Waals surface area contributed by atoms with Crippen LogP contribution >= 0.6 is 0 Å². The van der Waals surface area contributed by atoms with Crippen LogP contribution < -0.4 is 9.16 Å². The first kappa shape index (κ1) is 9.13. The van der Waals surface area contributed by atoms with Crippen LogP contribution in [0.5, 0.6) is 11.5 Å². The monoisotopic (exact) mass is 182 g/mol. The van der Waals surface area contributed by atoms with Gasteiger partial charge in [0.15, 0.2) is 5.75 Å². The molecule has 0 N–H and O–H groups in total. The highest BCUT2D eigenvalue weighted by molar-refractivity contribution is 6.00. The second-order valence-electron chi connectivity index (χ2n) is 2.50. The molecule has 0 aliphatic heterocycles. The van der Waals surface area contributed by atoms with Gasteiger partial charge in [-0.05, 0) is 18.6 Å². The predicted octanol–water partition coefficient (Wildman–Crippen LogP) is 1.13. The lowest BCUT2D eigenvalue weighted by atomic mass is 10.3. The van der Waals surface area contributed by atoms with Crippen molar-refractivity contribution < 1.29 is 9.16 Å². The van der Waals surface area contributed by atoms with Gasteiger partial charge < -0.3 is 9.16 Å². The van der Waals surface area contributed by atoms with Crippen LogP contribution in [-0.4, -0.2) is 17.1 Å². The van der Waals surface area contributed by atoms with Crippen molar-refractivity contribution in [3.05, 3.63) is 24.3 Å². The van der Waals surface area contributed by atoms with Gasteiger partial charge in [0.05, 0.1) is 6.61 Å². The van der Waals surface area contributed by atoms with Crippen molar-refractivity contribution in [2.24, 2.45) is 0 Å². The predicted molar refractivity (Wildman–Crippen MR) is 52.8 cm³/mol. The molecule has 0 aliphatic carbocycles. The molecule has 3 heteroatoms. The van der Waals surface area contributed by atoms with E-state index in [0.717, 1.165) is 24.5 Å². The summed E-state index contributed by atoms with van der Waals surface area (Å²) in [5, 5.41) is 0. The van der Waals surface area contributed by atoms with Crippen molar-refractivity contribution in [3.63, 3.8) is 0 Å². The lowest BCUT2D eigenvalue weighted by molar-refractivity contribution is 0.308. The molecule has 2 nitrogen and oxygen atoms in total. The van der Waals surface area contributed by atoms with Crippen molar-refractivity contribution in [3.8, 4) is 11.5 Å². The minimum Gasteiger partial charge on any atom is -0.551 e. The molecule has 0 saturated heterocycles. The molecule has 0 spiro atoms. The van der Waals surface area contributed by atoms with E-state index >= 15 is 0 Å². The second kappa shape index (κ2) is 4.82. The van der Waals surface area contributed by atoms with Gasteiger partial charge in [-0.3, -0.25) is 0 Å². The van der Waals surface area contributed by atoms with E-state index in [-0.39, 0.29) is 0 Å². The molecule has 12 heavy (non-hydrogen) atoms. The average molecular weight is 182 g/mol. The third-order valence-corrected chi connectivity index (χ3v) is 1.97.